The van der Waals surface area contributed by atoms with E-state index in [1.165, 1.54) is 25.7 Å². The highest BCUT2D eigenvalue weighted by molar-refractivity contribution is 5.69. The van der Waals surface area contributed by atoms with Crippen molar-refractivity contribution in [1.29, 1.82) is 0 Å². The summed E-state index contributed by atoms with van der Waals surface area (Å²) in [5.41, 5.74) is 0. The van der Waals surface area contributed by atoms with Gasteiger partial charge in [-0.2, -0.15) is 0 Å². The number of carboxylic acid groups (broad SMARTS) is 1. The summed E-state index contributed by atoms with van der Waals surface area (Å²) in [6.45, 7) is 6.59. The van der Waals surface area contributed by atoms with E-state index in [1.807, 2.05) is 0 Å². The first kappa shape index (κ1) is 12.5. The zero-order valence-electron chi connectivity index (χ0n) is 10.1. The van der Waals surface area contributed by atoms with Crippen molar-refractivity contribution in [2.24, 2.45) is 5.92 Å². The van der Waals surface area contributed by atoms with Gasteiger partial charge in [-0.1, -0.05) is 13.3 Å². The van der Waals surface area contributed by atoms with Gasteiger partial charge in [-0.25, -0.2) is 0 Å². The Bertz CT molecular complexity index is 216. The van der Waals surface area contributed by atoms with Crippen LogP contribution in [0.4, 0.5) is 0 Å². The lowest BCUT2D eigenvalue weighted by Crippen LogP contribution is -2.42. The topological polar surface area (TPSA) is 40.5 Å². The van der Waals surface area contributed by atoms with Crippen molar-refractivity contribution in [3.8, 4) is 0 Å². The molecule has 0 amide bonds. The van der Waals surface area contributed by atoms with Gasteiger partial charge in [-0.15, -0.1) is 0 Å². The van der Waals surface area contributed by atoms with Crippen LogP contribution in [0, 0.1) is 5.92 Å². The van der Waals surface area contributed by atoms with Gasteiger partial charge >= 0.3 is 5.97 Å². The second kappa shape index (κ2) is 5.50. The van der Waals surface area contributed by atoms with Gasteiger partial charge in [-0.3, -0.25) is 9.69 Å². The molecule has 15 heavy (non-hydrogen) atoms. The maximum atomic E-state index is 10.8. The fourth-order valence-electron chi connectivity index (χ4n) is 2.61. The summed E-state index contributed by atoms with van der Waals surface area (Å²) in [5, 5.41) is 8.87. The Kier molecular flexibility index (Phi) is 4.58. The highest BCUT2D eigenvalue weighted by Gasteiger charge is 2.30. The third-order valence-corrected chi connectivity index (χ3v) is 3.54. The van der Waals surface area contributed by atoms with E-state index in [0.717, 1.165) is 5.92 Å². The molecule has 0 aliphatic heterocycles. The Labute approximate surface area is 92.5 Å². The lowest BCUT2D eigenvalue weighted by Gasteiger charge is -2.31. The molecule has 1 aliphatic rings. The van der Waals surface area contributed by atoms with Crippen LogP contribution in [0.5, 0.6) is 0 Å². The van der Waals surface area contributed by atoms with Crippen LogP contribution in [-0.4, -0.2) is 34.6 Å². The molecule has 0 aromatic heterocycles. The average molecular weight is 213 g/mol. The van der Waals surface area contributed by atoms with Crippen LogP contribution in [0.2, 0.25) is 0 Å². The lowest BCUT2D eigenvalue weighted by atomic mass is 10.0. The van der Waals surface area contributed by atoms with Crippen LogP contribution in [-0.2, 0) is 4.79 Å². The van der Waals surface area contributed by atoms with Crippen LogP contribution in [0.1, 0.15) is 46.5 Å². The highest BCUT2D eigenvalue weighted by atomic mass is 16.4. The molecule has 88 valence electrons. The van der Waals surface area contributed by atoms with Crippen LogP contribution in [0.25, 0.3) is 0 Å². The normalized spacial score (nSPS) is 26.5. The Morgan fingerprint density at radius 3 is 2.53 bits per heavy atom. The van der Waals surface area contributed by atoms with Crippen molar-refractivity contribution >= 4 is 5.97 Å². The van der Waals surface area contributed by atoms with Crippen molar-refractivity contribution < 1.29 is 9.90 Å². The van der Waals surface area contributed by atoms with Gasteiger partial charge in [0.1, 0.15) is 0 Å². The molecule has 2 atom stereocenters. The summed E-state index contributed by atoms with van der Waals surface area (Å²) >= 11 is 0. The number of aliphatic carboxylic acids is 1. The number of hydrogen-bond donors (Lipinski definition) is 1. The van der Waals surface area contributed by atoms with Crippen molar-refractivity contribution in [2.45, 2.75) is 58.5 Å². The summed E-state index contributed by atoms with van der Waals surface area (Å²) in [6, 6.07) is 0.827. The molecule has 0 bridgehead atoms. The SMILES string of the molecule is CCC1CCC(N(CC(=O)O)C(C)C)C1. The molecule has 1 rings (SSSR count). The van der Waals surface area contributed by atoms with Crippen molar-refractivity contribution in [1.82, 2.24) is 4.90 Å². The maximum Gasteiger partial charge on any atom is 0.317 e. The molecule has 1 fully saturated rings. The number of carboxylic acids is 1. The summed E-state index contributed by atoms with van der Waals surface area (Å²) in [7, 11) is 0. The van der Waals surface area contributed by atoms with Gasteiger partial charge in [0.05, 0.1) is 6.54 Å². The molecular formula is C12H23NO2. The lowest BCUT2D eigenvalue weighted by molar-refractivity contribution is -0.139. The Hall–Kier alpha value is -0.570. The number of carbonyl (C=O) groups is 1. The zero-order chi connectivity index (χ0) is 11.4. The fourth-order valence-corrected chi connectivity index (χ4v) is 2.61. The summed E-state index contributed by atoms with van der Waals surface area (Å²) in [5.74, 6) is 0.105. The molecule has 0 radical (unpaired) electrons. The van der Waals surface area contributed by atoms with Gasteiger partial charge in [0.2, 0.25) is 0 Å². The first-order valence-corrected chi connectivity index (χ1v) is 6.02. The van der Waals surface area contributed by atoms with Gasteiger partial charge in [0.25, 0.3) is 0 Å². The molecule has 0 aromatic carbocycles. The molecule has 3 heteroatoms. The van der Waals surface area contributed by atoms with Crippen molar-refractivity contribution in [3.63, 3.8) is 0 Å². The van der Waals surface area contributed by atoms with Crippen LogP contribution < -0.4 is 0 Å². The van der Waals surface area contributed by atoms with Gasteiger partial charge in [0.15, 0.2) is 0 Å². The molecule has 0 spiro atoms. The van der Waals surface area contributed by atoms with Gasteiger partial charge in [0, 0.05) is 12.1 Å². The molecular weight excluding hydrogens is 190 g/mol. The number of nitrogens with zero attached hydrogens (tertiary/aromatic N) is 1. The van der Waals surface area contributed by atoms with Gasteiger partial charge < -0.3 is 5.11 Å². The quantitative estimate of drug-likeness (QED) is 0.762. The molecule has 1 saturated carbocycles. The summed E-state index contributed by atoms with van der Waals surface area (Å²) in [6.07, 6.45) is 4.85. The largest absolute Gasteiger partial charge is 0.480 e. The van der Waals surface area contributed by atoms with E-state index in [2.05, 4.69) is 25.7 Å². The van der Waals surface area contributed by atoms with Crippen molar-refractivity contribution in [2.75, 3.05) is 6.54 Å². The van der Waals surface area contributed by atoms with Gasteiger partial charge in [-0.05, 0) is 39.0 Å². The molecule has 0 aromatic rings. The number of rotatable bonds is 5. The summed E-state index contributed by atoms with van der Waals surface area (Å²) < 4.78 is 0. The fraction of sp³-hybridized carbons (Fsp3) is 0.917. The van der Waals surface area contributed by atoms with E-state index in [0.29, 0.717) is 12.1 Å². The van der Waals surface area contributed by atoms with E-state index < -0.39 is 5.97 Å². The minimum Gasteiger partial charge on any atom is -0.480 e. The molecule has 3 nitrogen and oxygen atoms in total. The van der Waals surface area contributed by atoms with E-state index in [9.17, 15) is 4.79 Å². The van der Waals surface area contributed by atoms with E-state index in [-0.39, 0.29) is 6.54 Å². The van der Waals surface area contributed by atoms with E-state index in [1.54, 1.807) is 0 Å². The van der Waals surface area contributed by atoms with Crippen LogP contribution in [0.15, 0.2) is 0 Å². The Morgan fingerprint density at radius 2 is 2.13 bits per heavy atom. The molecule has 1 aliphatic carbocycles. The number of hydrogen-bond acceptors (Lipinski definition) is 2. The Morgan fingerprint density at radius 1 is 1.47 bits per heavy atom. The van der Waals surface area contributed by atoms with E-state index >= 15 is 0 Å². The second-order valence-corrected chi connectivity index (χ2v) is 4.90. The third-order valence-electron chi connectivity index (χ3n) is 3.54. The Balaban J connectivity index is 2.53. The monoisotopic (exact) mass is 213 g/mol. The van der Waals surface area contributed by atoms with Crippen LogP contribution >= 0.6 is 0 Å². The second-order valence-electron chi connectivity index (χ2n) is 4.90. The van der Waals surface area contributed by atoms with Crippen LogP contribution in [0.3, 0.4) is 0 Å². The molecule has 2 unspecified atom stereocenters. The molecule has 0 heterocycles. The maximum absolute atomic E-state index is 10.8. The smallest absolute Gasteiger partial charge is 0.317 e. The predicted octanol–water partition coefficient (Wildman–Crippen LogP) is 2.36. The van der Waals surface area contributed by atoms with Crippen molar-refractivity contribution in [3.05, 3.63) is 0 Å². The first-order chi connectivity index (χ1) is 7.04. The minimum atomic E-state index is -0.705. The first-order valence-electron chi connectivity index (χ1n) is 6.02. The zero-order valence-corrected chi connectivity index (χ0v) is 10.1. The third kappa shape index (κ3) is 3.49. The highest BCUT2D eigenvalue weighted by Crippen LogP contribution is 2.32. The summed E-state index contributed by atoms with van der Waals surface area (Å²) in [4.78, 5) is 12.9. The molecule has 1 N–H and O–H groups in total. The average Bonchev–Trinajstić information content (AvgIpc) is 2.61. The standard InChI is InChI=1S/C12H23NO2/c1-4-10-5-6-11(7-10)13(9(2)3)8-12(14)15/h9-11H,4-8H2,1-3H3,(H,14,15). The minimum absolute atomic E-state index is 0.193. The predicted molar refractivity (Wildman–Crippen MR) is 60.9 cm³/mol. The molecule has 0 saturated heterocycles. The van der Waals surface area contributed by atoms with E-state index in [4.69, 9.17) is 5.11 Å².